The van der Waals surface area contributed by atoms with Crippen LogP contribution in [0.2, 0.25) is 0 Å². The summed E-state index contributed by atoms with van der Waals surface area (Å²) in [6.07, 6.45) is 1.82. The van der Waals surface area contributed by atoms with Crippen LogP contribution in [0.3, 0.4) is 0 Å². The van der Waals surface area contributed by atoms with E-state index in [0.29, 0.717) is 0 Å². The van der Waals surface area contributed by atoms with Gasteiger partial charge >= 0.3 is 110 Å². The van der Waals surface area contributed by atoms with Crippen LogP contribution < -0.4 is 5.46 Å². The minimum absolute atomic E-state index is 1.02. The monoisotopic (exact) mass is 319 g/mol. The Morgan fingerprint density at radius 2 is 2.12 bits per heavy atom. The van der Waals surface area contributed by atoms with E-state index in [-0.39, 0.29) is 0 Å². The third-order valence-electron chi connectivity index (χ3n) is 2.57. The van der Waals surface area contributed by atoms with Gasteiger partial charge in [0.15, 0.2) is 0 Å². The summed E-state index contributed by atoms with van der Waals surface area (Å²) in [7, 11) is 0. The fourth-order valence-corrected chi connectivity index (χ4v) is 2.35. The van der Waals surface area contributed by atoms with Crippen molar-refractivity contribution in [1.29, 1.82) is 0 Å². The van der Waals surface area contributed by atoms with Gasteiger partial charge in [-0.05, 0) is 0 Å². The Balaban J connectivity index is 2.66. The van der Waals surface area contributed by atoms with Crippen molar-refractivity contribution in [1.82, 2.24) is 4.98 Å². The zero-order valence-electron chi connectivity index (χ0n) is 9.07. The molecule has 1 aromatic carbocycles. The molecule has 0 atom stereocenters. The van der Waals surface area contributed by atoms with Crippen LogP contribution in [0, 0.1) is 10.5 Å². The van der Waals surface area contributed by atoms with Crippen molar-refractivity contribution in [2.24, 2.45) is 0 Å². The predicted octanol–water partition coefficient (Wildman–Crippen LogP) is 2.42. The molecule has 2 rings (SSSR count). The first-order chi connectivity index (χ1) is 7.72. The van der Waals surface area contributed by atoms with Gasteiger partial charge in [0, 0.05) is 0 Å². The molecule has 0 aliphatic rings. The van der Waals surface area contributed by atoms with E-state index in [1.165, 1.54) is 20.2 Å². The van der Waals surface area contributed by atoms with E-state index < -0.39 is 0 Å². The van der Waals surface area contributed by atoms with Crippen molar-refractivity contribution in [3.8, 4) is 11.3 Å². The van der Waals surface area contributed by atoms with Gasteiger partial charge in [0.05, 0.1) is 0 Å². The number of rotatable bonds is 2. The molecule has 2 aromatic rings. The van der Waals surface area contributed by atoms with Crippen LogP contribution in [-0.2, 0) is 0 Å². The molecule has 0 amide bonds. The molecule has 78 valence electrons. The number of hydrogen-bond acceptors (Lipinski definition) is 1. The van der Waals surface area contributed by atoms with Gasteiger partial charge < -0.3 is 0 Å². The van der Waals surface area contributed by atoms with Crippen LogP contribution in [0.5, 0.6) is 0 Å². The van der Waals surface area contributed by atoms with Crippen LogP contribution >= 0.6 is 22.6 Å². The third-order valence-corrected chi connectivity index (χ3v) is 3.20. The van der Waals surface area contributed by atoms with E-state index in [2.05, 4.69) is 53.1 Å². The number of hydrogen-bond donors (Lipinski definition) is 0. The number of aromatic nitrogens is 1. The molecule has 0 N–H and O–H groups in total. The van der Waals surface area contributed by atoms with E-state index in [9.17, 15) is 0 Å². The molecule has 1 heterocycles. The summed E-state index contributed by atoms with van der Waals surface area (Å²) in [5.74, 6) is 0. The Hall–Kier alpha value is -0.965. The molecular formula is C13H11BIN. The quantitative estimate of drug-likeness (QED) is 0.612. The molecular weight excluding hydrogens is 308 g/mol. The van der Waals surface area contributed by atoms with E-state index in [0.717, 1.165) is 5.69 Å². The fraction of sp³-hybridized carbons (Fsp3) is 0.0769. The van der Waals surface area contributed by atoms with Crippen molar-refractivity contribution >= 4 is 41.4 Å². The molecule has 0 bridgehead atoms. The summed E-state index contributed by atoms with van der Waals surface area (Å²) in [6.45, 7) is 7.84. The molecule has 3 heteroatoms. The standard InChI is InChI=1S/C13H11BIN/c1-9-11(13-5-3-4-6-16-13)7-10(15)8-12(9)14-2/h3-8H,2H2,1H3. The first-order valence-electron chi connectivity index (χ1n) is 5.06. The van der Waals surface area contributed by atoms with Gasteiger partial charge in [-0.25, -0.2) is 0 Å². The van der Waals surface area contributed by atoms with Crippen molar-refractivity contribution in [3.05, 3.63) is 45.7 Å². The molecule has 0 aliphatic carbocycles. The Morgan fingerprint density at radius 3 is 2.75 bits per heavy atom. The topological polar surface area (TPSA) is 12.9 Å². The molecule has 1 aromatic heterocycles. The van der Waals surface area contributed by atoms with Gasteiger partial charge in [-0.15, -0.1) is 0 Å². The summed E-state index contributed by atoms with van der Waals surface area (Å²) in [5, 5.41) is 0. The molecule has 0 spiro atoms. The Labute approximate surface area is 110 Å². The van der Waals surface area contributed by atoms with Gasteiger partial charge in [0.1, 0.15) is 0 Å². The molecule has 1 nitrogen and oxygen atoms in total. The van der Waals surface area contributed by atoms with Gasteiger partial charge in [0.25, 0.3) is 0 Å². The fourth-order valence-electron chi connectivity index (χ4n) is 1.70. The first-order valence-corrected chi connectivity index (χ1v) is 6.14. The average Bonchev–Trinajstić information content (AvgIpc) is 2.33. The van der Waals surface area contributed by atoms with Crippen LogP contribution in [-0.4, -0.2) is 18.4 Å². The Morgan fingerprint density at radius 1 is 1.31 bits per heavy atom. The van der Waals surface area contributed by atoms with E-state index in [1.54, 1.807) is 0 Å². The maximum atomic E-state index is 4.39. The number of benzene rings is 1. The number of nitrogens with zero attached hydrogens (tertiary/aromatic N) is 1. The minimum atomic E-state index is 1.02. The summed E-state index contributed by atoms with van der Waals surface area (Å²) in [4.78, 5) is 4.39. The molecule has 16 heavy (non-hydrogen) atoms. The summed E-state index contributed by atoms with van der Waals surface area (Å²) < 4.78 is 1.21. The van der Waals surface area contributed by atoms with Gasteiger partial charge in [-0.1, -0.05) is 0 Å². The van der Waals surface area contributed by atoms with Crippen LogP contribution in [0.25, 0.3) is 11.3 Å². The zero-order valence-corrected chi connectivity index (χ0v) is 11.2. The van der Waals surface area contributed by atoms with Crippen molar-refractivity contribution in [2.45, 2.75) is 6.92 Å². The second-order valence-electron chi connectivity index (χ2n) is 3.59. The molecule has 0 radical (unpaired) electrons. The summed E-state index contributed by atoms with van der Waals surface area (Å²) >= 11 is 2.32. The number of halogens is 1. The summed E-state index contributed by atoms with van der Waals surface area (Å²) in [5.41, 5.74) is 4.60. The van der Waals surface area contributed by atoms with Gasteiger partial charge in [-0.2, -0.15) is 0 Å². The second kappa shape index (κ2) is 4.91. The summed E-state index contributed by atoms with van der Waals surface area (Å²) in [6, 6.07) is 10.3. The van der Waals surface area contributed by atoms with E-state index in [1.807, 2.05) is 31.3 Å². The maximum absolute atomic E-state index is 4.39. The van der Waals surface area contributed by atoms with Gasteiger partial charge in [0.2, 0.25) is 0 Å². The Bertz CT molecular complexity index is 523. The van der Waals surface area contributed by atoms with E-state index >= 15 is 0 Å². The molecule has 0 unspecified atom stereocenters. The molecule has 0 saturated carbocycles. The molecule has 0 fully saturated rings. The predicted molar refractivity (Wildman–Crippen MR) is 79.6 cm³/mol. The third kappa shape index (κ3) is 2.24. The van der Waals surface area contributed by atoms with Gasteiger partial charge in [-0.3, -0.25) is 0 Å². The van der Waals surface area contributed by atoms with Crippen LogP contribution in [0.1, 0.15) is 5.56 Å². The van der Waals surface area contributed by atoms with Crippen molar-refractivity contribution in [2.75, 3.05) is 0 Å². The zero-order chi connectivity index (χ0) is 11.5. The molecule has 0 saturated heterocycles. The average molecular weight is 319 g/mol. The van der Waals surface area contributed by atoms with Crippen molar-refractivity contribution < 1.29 is 0 Å². The number of pyridine rings is 1. The van der Waals surface area contributed by atoms with Crippen LogP contribution in [0.4, 0.5) is 0 Å². The SMILES string of the molecule is C=Bc1cc(I)cc(-c2ccccn2)c1C. The Kier molecular flexibility index (Phi) is 3.54. The second-order valence-corrected chi connectivity index (χ2v) is 4.83. The normalized spacial score (nSPS) is 9.88. The molecule has 0 aliphatic heterocycles. The van der Waals surface area contributed by atoms with E-state index in [4.69, 9.17) is 0 Å². The first kappa shape index (κ1) is 11.5. The van der Waals surface area contributed by atoms with Crippen LogP contribution in [0.15, 0.2) is 36.5 Å². The van der Waals surface area contributed by atoms with Crippen molar-refractivity contribution in [3.63, 3.8) is 0 Å².